The van der Waals surface area contributed by atoms with E-state index in [-0.39, 0.29) is 0 Å². The summed E-state index contributed by atoms with van der Waals surface area (Å²) in [4.78, 5) is 3.72. The van der Waals surface area contributed by atoms with Crippen LogP contribution in [0.4, 0.5) is 31.1 Å². The Morgan fingerprint density at radius 1 is 0.897 bits per heavy atom. The van der Waals surface area contributed by atoms with Gasteiger partial charge in [-0.3, -0.25) is 9.48 Å². The zero-order valence-electron chi connectivity index (χ0n) is 23.9. The second-order valence-corrected chi connectivity index (χ2v) is 9.38. The van der Waals surface area contributed by atoms with Crippen molar-refractivity contribution in [3.05, 3.63) is 42.4 Å². The number of halogens is 7. The van der Waals surface area contributed by atoms with Crippen molar-refractivity contribution >= 4 is 36.3 Å². The summed E-state index contributed by atoms with van der Waals surface area (Å²) in [6, 6.07) is 7.36. The molecule has 0 aliphatic carbocycles. The average Bonchev–Trinajstić information content (AvgIpc) is 3.30. The Kier molecular flexibility index (Phi) is 18.4. The number of hydrogen-bond acceptors (Lipinski definition) is 7. The second-order valence-electron chi connectivity index (χ2n) is 7.12. The van der Waals surface area contributed by atoms with Gasteiger partial charge in [-0.25, -0.2) is 0 Å². The maximum atomic E-state index is 9.87. The molecule has 0 atom stereocenters. The molecule has 18 heteroatoms. The van der Waals surface area contributed by atoms with Gasteiger partial charge in [0.15, 0.2) is 5.65 Å². The molecule has 0 aliphatic heterocycles. The van der Waals surface area contributed by atoms with Gasteiger partial charge in [-0.1, -0.05) is 27.7 Å². The van der Waals surface area contributed by atoms with Crippen LogP contribution < -0.4 is 10.6 Å². The molecule has 0 saturated carbocycles. The van der Waals surface area contributed by atoms with Gasteiger partial charge in [0, 0.05) is 44.6 Å². The Morgan fingerprint density at radius 2 is 1.38 bits per heavy atom. The minimum atomic E-state index is -10.7. The average molecular weight is 613 g/mol. The number of nitrogens with zero attached hydrogens (tertiary/aromatic N) is 9. The zero-order valence-corrected chi connectivity index (χ0v) is 25.5. The van der Waals surface area contributed by atoms with Gasteiger partial charge in [0.2, 0.25) is 5.95 Å². The van der Waals surface area contributed by atoms with Crippen molar-refractivity contribution in [3.8, 4) is 0 Å². The van der Waals surface area contributed by atoms with Crippen molar-refractivity contribution in [1.82, 2.24) is 34.9 Å². The maximum Gasteiger partial charge on any atom is 0.0766 e. The molecule has 0 fully saturated rings. The van der Waals surface area contributed by atoms with Crippen LogP contribution in [0.1, 0.15) is 33.4 Å². The van der Waals surface area contributed by atoms with Crippen LogP contribution in [0.15, 0.2) is 36.7 Å². The van der Waals surface area contributed by atoms with Gasteiger partial charge in [-0.15, -0.1) is 10.2 Å². The van der Waals surface area contributed by atoms with E-state index in [9.17, 15) is 25.2 Å². The molecule has 3 aromatic heterocycles. The van der Waals surface area contributed by atoms with Crippen molar-refractivity contribution in [3.63, 3.8) is 0 Å². The van der Waals surface area contributed by atoms with Crippen LogP contribution in [0, 0.1) is 0 Å². The normalized spacial score (nSPS) is 11.3. The molecule has 2 N–H and O–H groups in total. The molecular formula is C21H40ClF6N10P. The van der Waals surface area contributed by atoms with Crippen molar-refractivity contribution in [2.45, 2.75) is 34.2 Å². The Bertz CT molecular complexity index is 1060. The molecule has 3 heterocycles. The zero-order chi connectivity index (χ0) is 31.5. The number of nitrogens with two attached hydrogens (primary N) is 1. The maximum absolute atomic E-state index is 10.7. The molecule has 0 saturated heterocycles. The van der Waals surface area contributed by atoms with Crippen LogP contribution in [-0.2, 0) is 6.54 Å². The van der Waals surface area contributed by atoms with E-state index in [1.807, 2.05) is 109 Å². The summed E-state index contributed by atoms with van der Waals surface area (Å²) < 4.78 is 62.7. The molecule has 0 aliphatic rings. The standard InChI is InChI=1S/C7H9N5.C5H12ClN2.C5H7N3.2C2H6.F6P/c1-11(2)7-10-9-6-4-3-5-8-12(6)7;1-7(2)5(6)8(3)4;6-4-5-2-1-3-7-8-5;2*1-2;1-7(2,3,4,5)6/h3-5H,1-2H3;1-4H3;1-3H,4,6H2;2*1-2H3;/q;+1;;;;-1. The van der Waals surface area contributed by atoms with Crippen LogP contribution in [0.2, 0.25) is 0 Å². The van der Waals surface area contributed by atoms with E-state index in [1.165, 1.54) is 0 Å². The summed E-state index contributed by atoms with van der Waals surface area (Å²) in [5.41, 5.74) is 6.84. The fourth-order valence-electron chi connectivity index (χ4n) is 1.85. The molecule has 0 radical (unpaired) electrons. The summed E-state index contributed by atoms with van der Waals surface area (Å²) >= 11 is 5.72. The van der Waals surface area contributed by atoms with Crippen molar-refractivity contribution in [2.24, 2.45) is 5.73 Å². The van der Waals surface area contributed by atoms with E-state index < -0.39 is 7.81 Å². The first kappa shape index (κ1) is 40.7. The monoisotopic (exact) mass is 612 g/mol. The summed E-state index contributed by atoms with van der Waals surface area (Å²) in [6.07, 6.45) is 3.34. The number of rotatable bonds is 2. The smallest absolute Gasteiger partial charge is 0.0766 e. The molecule has 0 amide bonds. The Hall–Kier alpha value is -2.84. The van der Waals surface area contributed by atoms with E-state index in [0.717, 1.165) is 22.6 Å². The number of fused-ring (bicyclic) bond motifs is 1. The van der Waals surface area contributed by atoms with Crippen LogP contribution in [-0.4, -0.2) is 87.1 Å². The number of anilines is 1. The molecule has 0 unspecified atom stereocenters. The number of amidine groups is 1. The van der Waals surface area contributed by atoms with E-state index in [2.05, 4.69) is 25.5 Å². The van der Waals surface area contributed by atoms with Crippen molar-refractivity contribution < 1.29 is 29.8 Å². The van der Waals surface area contributed by atoms with Gasteiger partial charge in [0.25, 0.3) is 0 Å². The minimum Gasteiger partial charge on any atom is -0.325 e. The first-order valence-electron chi connectivity index (χ1n) is 11.5. The summed E-state index contributed by atoms with van der Waals surface area (Å²) in [5, 5.41) is 20.1. The van der Waals surface area contributed by atoms with Gasteiger partial charge in [0.1, 0.15) is 0 Å². The van der Waals surface area contributed by atoms with Crippen LogP contribution in [0.25, 0.3) is 5.65 Å². The molecular weight excluding hydrogens is 573 g/mol. The van der Waals surface area contributed by atoms with Gasteiger partial charge in [-0.05, 0) is 24.3 Å². The molecule has 10 nitrogen and oxygen atoms in total. The van der Waals surface area contributed by atoms with Gasteiger partial charge < -0.3 is 10.6 Å². The van der Waals surface area contributed by atoms with Crippen LogP contribution in [0.3, 0.4) is 0 Å². The predicted molar refractivity (Wildman–Crippen MR) is 148 cm³/mol. The van der Waals surface area contributed by atoms with Crippen molar-refractivity contribution in [2.75, 3.05) is 47.2 Å². The fraction of sp³-hybridized carbons (Fsp3) is 0.524. The fourth-order valence-corrected chi connectivity index (χ4v) is 1.85. The number of hydrogen-bond donors (Lipinski definition) is 1. The molecule has 0 spiro atoms. The molecule has 39 heavy (non-hydrogen) atoms. The topological polar surface area (TPSA) is 104 Å². The van der Waals surface area contributed by atoms with Gasteiger partial charge in [0.05, 0.1) is 33.9 Å². The number of aromatic nitrogens is 6. The summed E-state index contributed by atoms with van der Waals surface area (Å²) in [6.45, 7) is 8.47. The SMILES string of the molecule is CC.CC.CN(C)C(Cl)=[N+](C)C.CN(C)c1nnc2cccnn12.F[P-](F)(F)(F)(F)F.NCc1cccnn1. The van der Waals surface area contributed by atoms with Crippen molar-refractivity contribution in [1.29, 1.82) is 0 Å². The van der Waals surface area contributed by atoms with Gasteiger partial charge in [-0.2, -0.15) is 19.8 Å². The largest absolute Gasteiger partial charge is 0.325 e. The van der Waals surface area contributed by atoms with Crippen LogP contribution >= 0.6 is 19.4 Å². The third-order valence-corrected chi connectivity index (χ3v) is 3.81. The Balaban J connectivity index is -0.000000434. The molecule has 0 aromatic carbocycles. The van der Waals surface area contributed by atoms with E-state index in [0.29, 0.717) is 6.54 Å². The molecule has 0 bridgehead atoms. The first-order valence-corrected chi connectivity index (χ1v) is 13.9. The van der Waals surface area contributed by atoms with Crippen LogP contribution in [0.5, 0.6) is 0 Å². The second kappa shape index (κ2) is 17.7. The van der Waals surface area contributed by atoms with E-state index in [4.69, 9.17) is 17.3 Å². The molecule has 228 valence electrons. The third kappa shape index (κ3) is 25.2. The van der Waals surface area contributed by atoms with Gasteiger partial charge >= 0.3 is 38.3 Å². The van der Waals surface area contributed by atoms with E-state index >= 15 is 0 Å². The molecule has 3 rings (SSSR count). The summed E-state index contributed by atoms with van der Waals surface area (Å²) in [7, 11) is 0.779. The first-order chi connectivity index (χ1) is 17.7. The third-order valence-electron chi connectivity index (χ3n) is 3.14. The summed E-state index contributed by atoms with van der Waals surface area (Å²) in [5.74, 6) is 0.741. The quantitative estimate of drug-likeness (QED) is 0.0942. The minimum absolute atomic E-state index is 0.466. The Labute approximate surface area is 230 Å². The Morgan fingerprint density at radius 3 is 1.69 bits per heavy atom. The van der Waals surface area contributed by atoms with E-state index in [1.54, 1.807) is 16.9 Å². The molecule has 3 aromatic rings. The predicted octanol–water partition coefficient (Wildman–Crippen LogP) is 5.98.